The van der Waals surface area contributed by atoms with Gasteiger partial charge in [0.15, 0.2) is 0 Å². The molecule has 1 fully saturated rings. The van der Waals surface area contributed by atoms with Crippen LogP contribution in [-0.4, -0.2) is 25.0 Å². The highest BCUT2D eigenvalue weighted by Gasteiger charge is 2.22. The van der Waals surface area contributed by atoms with Gasteiger partial charge in [0.25, 0.3) is 0 Å². The molecule has 0 spiro atoms. The number of nitrogens with two attached hydrogens (primary N) is 1. The Bertz CT molecular complexity index is 607. The van der Waals surface area contributed by atoms with Gasteiger partial charge in [0.05, 0.1) is 0 Å². The molecular weight excluding hydrogens is 347 g/mol. The van der Waals surface area contributed by atoms with Crippen LogP contribution in [0, 0.1) is 17.2 Å². The minimum atomic E-state index is -0.152. The molecule has 3 heteroatoms. The summed E-state index contributed by atoms with van der Waals surface area (Å²) in [6.45, 7) is 17.1. The van der Waals surface area contributed by atoms with E-state index in [1.54, 1.807) is 12.1 Å². The SMILES string of the molecule is C=Cc1ccc(CCCCC2CCN(C(=C)CC(C)(C)C)CC2)cc1F.CN. The molecule has 1 aliphatic heterocycles. The van der Waals surface area contributed by atoms with E-state index in [1.165, 1.54) is 38.4 Å². The Kier molecular flexibility index (Phi) is 10.5. The maximum Gasteiger partial charge on any atom is 0.130 e. The molecule has 2 N–H and O–H groups in total. The average Bonchev–Trinajstić information content (AvgIpc) is 2.66. The predicted molar refractivity (Wildman–Crippen MR) is 122 cm³/mol. The summed E-state index contributed by atoms with van der Waals surface area (Å²) >= 11 is 0. The molecule has 1 aromatic carbocycles. The molecule has 0 aliphatic carbocycles. The van der Waals surface area contributed by atoms with Crippen LogP contribution in [0.5, 0.6) is 0 Å². The van der Waals surface area contributed by atoms with E-state index in [4.69, 9.17) is 0 Å². The fraction of sp³-hybridized carbons (Fsp3) is 0.600. The summed E-state index contributed by atoms with van der Waals surface area (Å²) in [5, 5.41) is 0. The summed E-state index contributed by atoms with van der Waals surface area (Å²) in [5.41, 5.74) is 7.81. The molecule has 1 aliphatic rings. The molecule has 0 atom stereocenters. The van der Waals surface area contributed by atoms with Crippen LogP contribution < -0.4 is 5.73 Å². The number of likely N-dealkylation sites (tertiary alicyclic amines) is 1. The topological polar surface area (TPSA) is 29.3 Å². The van der Waals surface area contributed by atoms with Crippen molar-refractivity contribution in [1.29, 1.82) is 0 Å². The summed E-state index contributed by atoms with van der Waals surface area (Å²) in [6, 6.07) is 5.52. The van der Waals surface area contributed by atoms with Crippen LogP contribution in [0.4, 0.5) is 4.39 Å². The van der Waals surface area contributed by atoms with Crippen molar-refractivity contribution in [1.82, 2.24) is 4.90 Å². The minimum absolute atomic E-state index is 0.152. The van der Waals surface area contributed by atoms with Crippen molar-refractivity contribution in [2.24, 2.45) is 17.1 Å². The van der Waals surface area contributed by atoms with E-state index in [-0.39, 0.29) is 5.82 Å². The van der Waals surface area contributed by atoms with Crippen LogP contribution in [0.25, 0.3) is 6.08 Å². The monoisotopic (exact) mass is 388 g/mol. The highest BCUT2D eigenvalue weighted by molar-refractivity contribution is 5.48. The van der Waals surface area contributed by atoms with Crippen molar-refractivity contribution in [3.63, 3.8) is 0 Å². The summed E-state index contributed by atoms with van der Waals surface area (Å²) in [6.07, 6.45) is 9.86. The predicted octanol–water partition coefficient (Wildman–Crippen LogP) is 6.42. The number of hydrogen-bond acceptors (Lipinski definition) is 2. The number of allylic oxidation sites excluding steroid dienone is 1. The number of nitrogens with zero attached hydrogens (tertiary/aromatic N) is 1. The van der Waals surface area contributed by atoms with Crippen molar-refractivity contribution in [3.8, 4) is 0 Å². The Hall–Kier alpha value is -1.61. The lowest BCUT2D eigenvalue weighted by atomic mass is 9.88. The fourth-order valence-corrected chi connectivity index (χ4v) is 3.92. The zero-order valence-electron chi connectivity index (χ0n) is 18.6. The molecule has 0 aromatic heterocycles. The van der Waals surface area contributed by atoms with E-state index in [2.05, 4.69) is 44.6 Å². The van der Waals surface area contributed by atoms with Crippen LogP contribution in [0.2, 0.25) is 0 Å². The molecule has 0 bridgehead atoms. The van der Waals surface area contributed by atoms with E-state index in [0.717, 1.165) is 43.8 Å². The van der Waals surface area contributed by atoms with E-state index in [1.807, 2.05) is 12.1 Å². The van der Waals surface area contributed by atoms with Gasteiger partial charge in [-0.1, -0.05) is 65.0 Å². The highest BCUT2D eigenvalue weighted by Crippen LogP contribution is 2.30. The summed E-state index contributed by atoms with van der Waals surface area (Å²) in [7, 11) is 1.50. The van der Waals surface area contributed by atoms with Crippen LogP contribution in [0.1, 0.15) is 70.4 Å². The molecule has 0 amide bonds. The van der Waals surface area contributed by atoms with Gasteiger partial charge in [0.1, 0.15) is 5.82 Å². The largest absolute Gasteiger partial charge is 0.375 e. The Morgan fingerprint density at radius 2 is 1.86 bits per heavy atom. The molecule has 0 saturated carbocycles. The third-order valence-corrected chi connectivity index (χ3v) is 5.41. The summed E-state index contributed by atoms with van der Waals surface area (Å²) in [4.78, 5) is 2.49. The average molecular weight is 389 g/mol. The molecule has 1 aromatic rings. The Morgan fingerprint density at radius 1 is 1.21 bits per heavy atom. The third kappa shape index (κ3) is 8.60. The lowest BCUT2D eigenvalue weighted by molar-refractivity contribution is 0.199. The smallest absolute Gasteiger partial charge is 0.130 e. The highest BCUT2D eigenvalue weighted by atomic mass is 19.1. The zero-order chi connectivity index (χ0) is 21.2. The second-order valence-electron chi connectivity index (χ2n) is 9.04. The summed E-state index contributed by atoms with van der Waals surface area (Å²) < 4.78 is 13.8. The first-order valence-electron chi connectivity index (χ1n) is 10.7. The number of unbranched alkanes of at least 4 members (excludes halogenated alkanes) is 1. The molecule has 1 saturated heterocycles. The van der Waals surface area contributed by atoms with E-state index in [9.17, 15) is 4.39 Å². The standard InChI is InChI=1S/C24H36FN.CH5N/c1-6-22-12-11-21(17-23(22)25)10-8-7-9-20-13-15-26(16-14-20)19(2)18-24(3,4)5;1-2/h6,11-12,17,20H,1-2,7-10,13-16,18H2,3-5H3;2H2,1H3. The second-order valence-corrected chi connectivity index (χ2v) is 9.04. The van der Waals surface area contributed by atoms with Gasteiger partial charge in [-0.3, -0.25) is 0 Å². The molecular formula is C25H41FN2. The lowest BCUT2D eigenvalue weighted by Crippen LogP contribution is -2.34. The number of benzene rings is 1. The van der Waals surface area contributed by atoms with Crippen molar-refractivity contribution >= 4 is 6.08 Å². The number of aryl methyl sites for hydroxylation is 1. The van der Waals surface area contributed by atoms with Crippen molar-refractivity contribution in [2.75, 3.05) is 20.1 Å². The lowest BCUT2D eigenvalue weighted by Gasteiger charge is -2.36. The molecule has 2 rings (SSSR count). The Labute approximate surface area is 172 Å². The zero-order valence-corrected chi connectivity index (χ0v) is 18.6. The quantitative estimate of drug-likeness (QED) is 0.521. The van der Waals surface area contributed by atoms with Gasteiger partial charge >= 0.3 is 0 Å². The van der Waals surface area contributed by atoms with Crippen molar-refractivity contribution in [2.45, 2.75) is 65.7 Å². The number of halogens is 1. The van der Waals surface area contributed by atoms with E-state index in [0.29, 0.717) is 11.0 Å². The fourth-order valence-electron chi connectivity index (χ4n) is 3.92. The van der Waals surface area contributed by atoms with Gasteiger partial charge in [-0.2, -0.15) is 0 Å². The van der Waals surface area contributed by atoms with Crippen LogP contribution >= 0.6 is 0 Å². The maximum atomic E-state index is 13.8. The molecule has 0 unspecified atom stereocenters. The first-order valence-corrected chi connectivity index (χ1v) is 10.7. The van der Waals surface area contributed by atoms with Gasteiger partial charge in [-0.05, 0) is 62.1 Å². The van der Waals surface area contributed by atoms with Gasteiger partial charge in [0.2, 0.25) is 0 Å². The number of rotatable bonds is 8. The van der Waals surface area contributed by atoms with E-state index < -0.39 is 0 Å². The molecule has 2 nitrogen and oxygen atoms in total. The minimum Gasteiger partial charge on any atom is -0.375 e. The normalized spacial score (nSPS) is 15.0. The van der Waals surface area contributed by atoms with Gasteiger partial charge in [-0.15, -0.1) is 0 Å². The Balaban J connectivity index is 0.00000190. The molecule has 1 heterocycles. The van der Waals surface area contributed by atoms with Gasteiger partial charge < -0.3 is 10.6 Å². The number of piperidine rings is 1. The van der Waals surface area contributed by atoms with Crippen LogP contribution in [-0.2, 0) is 6.42 Å². The van der Waals surface area contributed by atoms with Crippen molar-refractivity contribution in [3.05, 3.63) is 54.0 Å². The van der Waals surface area contributed by atoms with E-state index >= 15 is 0 Å². The molecule has 0 radical (unpaired) electrons. The molecule has 158 valence electrons. The van der Waals surface area contributed by atoms with Gasteiger partial charge in [0, 0.05) is 24.4 Å². The van der Waals surface area contributed by atoms with Crippen LogP contribution in [0.15, 0.2) is 37.1 Å². The summed E-state index contributed by atoms with van der Waals surface area (Å²) in [5.74, 6) is 0.689. The maximum absolute atomic E-state index is 13.8. The van der Waals surface area contributed by atoms with Gasteiger partial charge in [-0.25, -0.2) is 4.39 Å². The first kappa shape index (κ1) is 24.4. The number of hydrogen-bond donors (Lipinski definition) is 1. The van der Waals surface area contributed by atoms with Crippen molar-refractivity contribution < 1.29 is 4.39 Å². The molecule has 28 heavy (non-hydrogen) atoms. The third-order valence-electron chi connectivity index (χ3n) is 5.41. The Morgan fingerprint density at radius 3 is 2.39 bits per heavy atom. The first-order chi connectivity index (χ1) is 13.3. The van der Waals surface area contributed by atoms with Crippen LogP contribution in [0.3, 0.4) is 0 Å². The second kappa shape index (κ2) is 12.1.